The summed E-state index contributed by atoms with van der Waals surface area (Å²) in [5.74, 6) is -2.42. The minimum absolute atomic E-state index is 0.0749. The zero-order valence-corrected chi connectivity index (χ0v) is 11.2. The van der Waals surface area contributed by atoms with Crippen molar-refractivity contribution in [3.05, 3.63) is 38.9 Å². The van der Waals surface area contributed by atoms with Crippen LogP contribution < -0.4 is 5.32 Å². The van der Waals surface area contributed by atoms with E-state index in [1.807, 2.05) is 6.92 Å². The van der Waals surface area contributed by atoms with Crippen molar-refractivity contribution in [3.63, 3.8) is 0 Å². The molecule has 0 aliphatic rings. The van der Waals surface area contributed by atoms with Crippen molar-refractivity contribution in [1.82, 2.24) is 15.5 Å². The molecule has 1 aromatic heterocycles. The lowest BCUT2D eigenvalue weighted by atomic mass is 10.2. The van der Waals surface area contributed by atoms with E-state index in [0.717, 1.165) is 23.9 Å². The van der Waals surface area contributed by atoms with E-state index in [0.29, 0.717) is 17.6 Å². The van der Waals surface area contributed by atoms with Crippen LogP contribution in [0.1, 0.15) is 11.9 Å². The van der Waals surface area contributed by atoms with Gasteiger partial charge in [0, 0.05) is 6.54 Å². The number of benzene rings is 1. The van der Waals surface area contributed by atoms with Crippen molar-refractivity contribution in [2.75, 3.05) is 6.54 Å². The summed E-state index contributed by atoms with van der Waals surface area (Å²) in [7, 11) is 0. The Hall–Kier alpha value is -2.00. The first-order valence-corrected chi connectivity index (χ1v) is 6.51. The van der Waals surface area contributed by atoms with E-state index in [1.165, 1.54) is 0 Å². The fourth-order valence-corrected chi connectivity index (χ4v) is 2.36. The van der Waals surface area contributed by atoms with Gasteiger partial charge < -0.3 is 5.32 Å². The molecular weight excluding hydrogens is 290 g/mol. The minimum atomic E-state index is -1.27. The number of nitrogens with one attached hydrogen (secondary N) is 1. The quantitative estimate of drug-likeness (QED) is 0.678. The number of nitro groups is 1. The van der Waals surface area contributed by atoms with Crippen LogP contribution >= 0.6 is 11.3 Å². The Morgan fingerprint density at radius 1 is 1.35 bits per heavy atom. The standard InChI is InChI=1S/C11H10F2N4O2S/c1-2-14-5-10-15-16-11(20-10)6-3-7(12)8(13)4-9(6)17(18)19/h3-4,14H,2,5H2,1H3. The Balaban J connectivity index is 2.43. The maximum Gasteiger partial charge on any atom is 0.282 e. The molecule has 0 aliphatic carbocycles. The van der Waals surface area contributed by atoms with Crippen LogP contribution in [0.25, 0.3) is 10.6 Å². The third kappa shape index (κ3) is 2.94. The smallest absolute Gasteiger partial charge is 0.282 e. The molecule has 0 saturated carbocycles. The molecule has 1 N–H and O–H groups in total. The molecule has 0 radical (unpaired) electrons. The number of nitrogens with zero attached hydrogens (tertiary/aromatic N) is 3. The molecule has 1 heterocycles. The van der Waals surface area contributed by atoms with E-state index < -0.39 is 22.2 Å². The van der Waals surface area contributed by atoms with Crippen molar-refractivity contribution in [3.8, 4) is 10.6 Å². The van der Waals surface area contributed by atoms with Gasteiger partial charge in [0.2, 0.25) is 0 Å². The molecule has 0 bridgehead atoms. The van der Waals surface area contributed by atoms with Crippen LogP contribution in [-0.2, 0) is 6.54 Å². The molecule has 0 aliphatic heterocycles. The van der Waals surface area contributed by atoms with Gasteiger partial charge in [0.05, 0.1) is 16.6 Å². The molecule has 2 aromatic rings. The second kappa shape index (κ2) is 5.97. The van der Waals surface area contributed by atoms with Crippen LogP contribution in [0.4, 0.5) is 14.5 Å². The Bertz CT molecular complexity index is 647. The molecule has 0 atom stereocenters. The first kappa shape index (κ1) is 14.4. The minimum Gasteiger partial charge on any atom is -0.311 e. The van der Waals surface area contributed by atoms with E-state index in [4.69, 9.17) is 0 Å². The van der Waals surface area contributed by atoms with Crippen molar-refractivity contribution in [1.29, 1.82) is 0 Å². The first-order valence-electron chi connectivity index (χ1n) is 5.69. The third-order valence-electron chi connectivity index (χ3n) is 2.46. The highest BCUT2D eigenvalue weighted by molar-refractivity contribution is 7.14. The summed E-state index contributed by atoms with van der Waals surface area (Å²) in [5, 5.41) is 22.4. The molecule has 1 aromatic carbocycles. The van der Waals surface area contributed by atoms with Gasteiger partial charge in [-0.25, -0.2) is 8.78 Å². The molecular formula is C11H10F2N4O2S. The summed E-state index contributed by atoms with van der Waals surface area (Å²) in [5.41, 5.74) is -0.607. The Kier molecular flexibility index (Phi) is 4.30. The monoisotopic (exact) mass is 300 g/mol. The molecule has 0 fully saturated rings. The molecule has 0 saturated heterocycles. The molecule has 6 nitrogen and oxygen atoms in total. The second-order valence-corrected chi connectivity index (χ2v) is 4.88. The summed E-state index contributed by atoms with van der Waals surface area (Å²) in [6.45, 7) is 3.12. The number of rotatable bonds is 5. The van der Waals surface area contributed by atoms with E-state index in [1.54, 1.807) is 0 Å². The van der Waals surface area contributed by atoms with Crippen molar-refractivity contribution < 1.29 is 13.7 Å². The Morgan fingerprint density at radius 2 is 2.05 bits per heavy atom. The van der Waals surface area contributed by atoms with Crippen LogP contribution in [-0.4, -0.2) is 21.7 Å². The first-order chi connectivity index (χ1) is 9.52. The molecule has 9 heteroatoms. The van der Waals surface area contributed by atoms with E-state index in [9.17, 15) is 18.9 Å². The Morgan fingerprint density at radius 3 is 2.70 bits per heavy atom. The summed E-state index contributed by atoms with van der Waals surface area (Å²) in [4.78, 5) is 10.1. The highest BCUT2D eigenvalue weighted by atomic mass is 32.1. The van der Waals surface area contributed by atoms with E-state index in [2.05, 4.69) is 15.5 Å². The van der Waals surface area contributed by atoms with Crippen molar-refractivity contribution >= 4 is 17.0 Å². The lowest BCUT2D eigenvalue weighted by molar-refractivity contribution is -0.384. The number of hydrogen-bond acceptors (Lipinski definition) is 6. The molecule has 106 valence electrons. The predicted octanol–water partition coefficient (Wildman–Crippen LogP) is 2.50. The van der Waals surface area contributed by atoms with Gasteiger partial charge in [-0.2, -0.15) is 0 Å². The zero-order chi connectivity index (χ0) is 14.7. The van der Waals surface area contributed by atoms with Crippen LogP contribution in [0.2, 0.25) is 0 Å². The number of nitro benzene ring substituents is 1. The van der Waals surface area contributed by atoms with Crippen molar-refractivity contribution in [2.45, 2.75) is 13.5 Å². The van der Waals surface area contributed by atoms with Crippen LogP contribution in [0.3, 0.4) is 0 Å². The highest BCUT2D eigenvalue weighted by Crippen LogP contribution is 2.33. The van der Waals surface area contributed by atoms with Gasteiger partial charge in [-0.05, 0) is 12.6 Å². The topological polar surface area (TPSA) is 81.0 Å². The largest absolute Gasteiger partial charge is 0.311 e. The average molecular weight is 300 g/mol. The lowest BCUT2D eigenvalue weighted by Crippen LogP contribution is -2.11. The molecule has 2 rings (SSSR count). The fourth-order valence-electron chi connectivity index (χ4n) is 1.52. The Labute approximate surface area is 116 Å². The zero-order valence-electron chi connectivity index (χ0n) is 10.4. The maximum atomic E-state index is 13.3. The SMILES string of the molecule is CCNCc1nnc(-c2cc(F)c(F)cc2[N+](=O)[O-])s1. The van der Waals surface area contributed by atoms with Crippen LogP contribution in [0, 0.1) is 21.7 Å². The lowest BCUT2D eigenvalue weighted by Gasteiger charge is -2.00. The van der Waals surface area contributed by atoms with Crippen LogP contribution in [0.15, 0.2) is 12.1 Å². The van der Waals surface area contributed by atoms with E-state index in [-0.39, 0.29) is 10.6 Å². The average Bonchev–Trinajstić information content (AvgIpc) is 2.87. The van der Waals surface area contributed by atoms with Gasteiger partial charge in [-0.15, -0.1) is 10.2 Å². The number of halogens is 2. The fraction of sp³-hybridized carbons (Fsp3) is 0.273. The summed E-state index contributed by atoms with van der Waals surface area (Å²) in [6.07, 6.45) is 0. The molecule has 0 unspecified atom stereocenters. The number of aromatic nitrogens is 2. The normalized spacial score (nSPS) is 10.8. The van der Waals surface area contributed by atoms with E-state index >= 15 is 0 Å². The summed E-state index contributed by atoms with van der Waals surface area (Å²) in [6, 6.07) is 1.32. The van der Waals surface area contributed by atoms with Gasteiger partial charge >= 0.3 is 0 Å². The molecule has 0 amide bonds. The second-order valence-electron chi connectivity index (χ2n) is 3.82. The third-order valence-corrected chi connectivity index (χ3v) is 3.42. The number of hydrogen-bond donors (Lipinski definition) is 1. The predicted molar refractivity (Wildman–Crippen MR) is 69.3 cm³/mol. The van der Waals surface area contributed by atoms with Gasteiger partial charge in [0.25, 0.3) is 5.69 Å². The van der Waals surface area contributed by atoms with Gasteiger partial charge in [-0.3, -0.25) is 10.1 Å². The van der Waals surface area contributed by atoms with Gasteiger partial charge in [-0.1, -0.05) is 18.3 Å². The summed E-state index contributed by atoms with van der Waals surface area (Å²) < 4.78 is 26.3. The van der Waals surface area contributed by atoms with Crippen LogP contribution in [0.5, 0.6) is 0 Å². The highest BCUT2D eigenvalue weighted by Gasteiger charge is 2.22. The molecule has 0 spiro atoms. The molecule has 20 heavy (non-hydrogen) atoms. The summed E-state index contributed by atoms with van der Waals surface area (Å²) >= 11 is 1.09. The van der Waals surface area contributed by atoms with Crippen molar-refractivity contribution in [2.24, 2.45) is 0 Å². The maximum absolute atomic E-state index is 13.3. The van der Waals surface area contributed by atoms with Gasteiger partial charge in [0.1, 0.15) is 5.01 Å². The van der Waals surface area contributed by atoms with Gasteiger partial charge in [0.15, 0.2) is 16.6 Å².